The molecule has 1 amide bonds. The van der Waals surface area contributed by atoms with E-state index >= 15 is 0 Å². The number of rotatable bonds is 5. The molecule has 0 bridgehead atoms. The second kappa shape index (κ2) is 8.86. The lowest BCUT2D eigenvalue weighted by Gasteiger charge is -2.31. The number of amides is 1. The normalized spacial score (nSPS) is 18.0. The fourth-order valence-corrected chi connectivity index (χ4v) is 4.07. The molecule has 2 aromatic rings. The monoisotopic (exact) mass is 400 g/mol. The minimum Gasteiger partial charge on any atom is -0.484 e. The third-order valence-electron chi connectivity index (χ3n) is 5.89. The molecule has 156 valence electrons. The van der Waals surface area contributed by atoms with Gasteiger partial charge in [-0.25, -0.2) is 0 Å². The van der Waals surface area contributed by atoms with Gasteiger partial charge in [0, 0.05) is 32.2 Å². The number of likely N-dealkylation sites (N-methyl/N-ethyl adjacent to an activating group) is 1. The number of morpholine rings is 1. The lowest BCUT2D eigenvalue weighted by atomic mass is 9.94. The highest BCUT2D eigenvalue weighted by molar-refractivity contribution is 5.80. The molecule has 7 nitrogen and oxygen atoms in total. The first-order valence-corrected chi connectivity index (χ1v) is 10.4. The Morgan fingerprint density at radius 3 is 2.69 bits per heavy atom. The predicted molar refractivity (Wildman–Crippen MR) is 111 cm³/mol. The van der Waals surface area contributed by atoms with Crippen molar-refractivity contribution < 1.29 is 18.7 Å². The molecule has 1 aromatic heterocycles. The summed E-state index contributed by atoms with van der Waals surface area (Å²) < 4.78 is 17.0. The minimum absolute atomic E-state index is 0.0320. The maximum absolute atomic E-state index is 12.6. The largest absolute Gasteiger partial charge is 0.484 e. The number of nitrogens with zero attached hydrogens (tertiary/aromatic N) is 2. The lowest BCUT2D eigenvalue weighted by Crippen LogP contribution is -2.40. The van der Waals surface area contributed by atoms with Gasteiger partial charge in [-0.05, 0) is 31.0 Å². The molecular formula is C22H28N2O5. The number of benzene rings is 1. The van der Waals surface area contributed by atoms with Crippen LogP contribution in [0.3, 0.4) is 0 Å². The molecule has 0 spiro atoms. The first-order chi connectivity index (χ1) is 14.1. The average molecular weight is 400 g/mol. The van der Waals surface area contributed by atoms with Gasteiger partial charge in [0.2, 0.25) is 0 Å². The van der Waals surface area contributed by atoms with Crippen LogP contribution in [0.25, 0.3) is 11.0 Å². The van der Waals surface area contributed by atoms with Gasteiger partial charge in [0.1, 0.15) is 11.3 Å². The molecule has 7 heteroatoms. The summed E-state index contributed by atoms with van der Waals surface area (Å²) in [5.74, 6) is 1.02. The third-order valence-corrected chi connectivity index (χ3v) is 5.89. The van der Waals surface area contributed by atoms with Crippen molar-refractivity contribution in [3.63, 3.8) is 0 Å². The van der Waals surface area contributed by atoms with Gasteiger partial charge in [-0.15, -0.1) is 0 Å². The van der Waals surface area contributed by atoms with E-state index in [0.29, 0.717) is 54.9 Å². The van der Waals surface area contributed by atoms with Crippen LogP contribution in [0.5, 0.6) is 5.75 Å². The third kappa shape index (κ3) is 4.56. The number of anilines is 1. The van der Waals surface area contributed by atoms with Crippen LogP contribution in [0.4, 0.5) is 5.88 Å². The maximum Gasteiger partial charge on any atom is 0.260 e. The second-order valence-electron chi connectivity index (χ2n) is 7.79. The standard InChI is InChI=1S/C22H28N2O5/c1-23(16-5-3-2-4-6-16)21(26)15-28-17-7-8-20-18(13-17)19(25)14-22(29-20)24-9-11-27-12-10-24/h7-8,13-14,16H,2-6,9-12,15H2,1H3. The van der Waals surface area contributed by atoms with Gasteiger partial charge in [-0.1, -0.05) is 19.3 Å². The first kappa shape index (κ1) is 19.8. The molecule has 1 saturated heterocycles. The van der Waals surface area contributed by atoms with Crippen LogP contribution < -0.4 is 15.1 Å². The Balaban J connectivity index is 1.44. The highest BCUT2D eigenvalue weighted by Gasteiger charge is 2.22. The smallest absolute Gasteiger partial charge is 0.260 e. The molecule has 29 heavy (non-hydrogen) atoms. The Morgan fingerprint density at radius 1 is 1.17 bits per heavy atom. The van der Waals surface area contributed by atoms with Crippen LogP contribution in [0.15, 0.2) is 33.5 Å². The van der Waals surface area contributed by atoms with E-state index in [9.17, 15) is 9.59 Å². The summed E-state index contributed by atoms with van der Waals surface area (Å²) in [6.45, 7) is 2.62. The summed E-state index contributed by atoms with van der Waals surface area (Å²) in [5, 5.41) is 0.451. The maximum atomic E-state index is 12.6. The van der Waals surface area contributed by atoms with Crippen LogP contribution in [-0.2, 0) is 9.53 Å². The minimum atomic E-state index is -0.121. The van der Waals surface area contributed by atoms with E-state index in [1.54, 1.807) is 18.2 Å². The number of carbonyl (C=O) groups excluding carboxylic acids is 1. The van der Waals surface area contributed by atoms with Gasteiger partial charge in [-0.3, -0.25) is 9.59 Å². The van der Waals surface area contributed by atoms with Gasteiger partial charge < -0.3 is 23.7 Å². The van der Waals surface area contributed by atoms with Gasteiger partial charge >= 0.3 is 0 Å². The Labute approximate surface area is 170 Å². The summed E-state index contributed by atoms with van der Waals surface area (Å²) in [6.07, 6.45) is 5.73. The Hall–Kier alpha value is -2.54. The van der Waals surface area contributed by atoms with E-state index in [0.717, 1.165) is 12.8 Å². The van der Waals surface area contributed by atoms with Crippen LogP contribution in [0.2, 0.25) is 0 Å². The van der Waals surface area contributed by atoms with E-state index in [-0.39, 0.29) is 17.9 Å². The van der Waals surface area contributed by atoms with E-state index in [1.165, 1.54) is 25.3 Å². The van der Waals surface area contributed by atoms with Crippen molar-refractivity contribution in [1.29, 1.82) is 0 Å². The highest BCUT2D eigenvalue weighted by atomic mass is 16.5. The molecule has 2 fully saturated rings. The quantitative estimate of drug-likeness (QED) is 0.769. The molecule has 2 heterocycles. The molecule has 1 saturated carbocycles. The topological polar surface area (TPSA) is 72.2 Å². The van der Waals surface area contributed by atoms with Gasteiger partial charge in [0.15, 0.2) is 17.9 Å². The van der Waals surface area contributed by atoms with E-state index in [1.807, 2.05) is 16.8 Å². The van der Waals surface area contributed by atoms with E-state index in [2.05, 4.69) is 0 Å². The highest BCUT2D eigenvalue weighted by Crippen LogP contribution is 2.24. The molecule has 0 unspecified atom stereocenters. The van der Waals surface area contributed by atoms with Crippen LogP contribution in [-0.4, -0.2) is 56.8 Å². The number of hydrogen-bond donors (Lipinski definition) is 0. The van der Waals surface area contributed by atoms with Gasteiger partial charge in [0.05, 0.1) is 18.6 Å². The van der Waals surface area contributed by atoms with Crippen molar-refractivity contribution in [2.45, 2.75) is 38.1 Å². The number of fused-ring (bicyclic) bond motifs is 1. The van der Waals surface area contributed by atoms with E-state index < -0.39 is 0 Å². The van der Waals surface area contributed by atoms with Gasteiger partial charge in [0.25, 0.3) is 5.91 Å². The van der Waals surface area contributed by atoms with E-state index in [4.69, 9.17) is 13.9 Å². The zero-order valence-corrected chi connectivity index (χ0v) is 16.9. The summed E-state index contributed by atoms with van der Waals surface area (Å²) >= 11 is 0. The Morgan fingerprint density at radius 2 is 1.93 bits per heavy atom. The summed E-state index contributed by atoms with van der Waals surface area (Å²) in [5.41, 5.74) is 0.390. The van der Waals surface area contributed by atoms with Gasteiger partial charge in [-0.2, -0.15) is 0 Å². The van der Waals surface area contributed by atoms with Crippen molar-refractivity contribution in [2.75, 3.05) is 44.9 Å². The zero-order chi connectivity index (χ0) is 20.2. The Kier molecular flexibility index (Phi) is 6.04. The summed E-state index contributed by atoms with van der Waals surface area (Å²) in [6, 6.07) is 6.94. The summed E-state index contributed by atoms with van der Waals surface area (Å²) in [4.78, 5) is 28.9. The van der Waals surface area contributed by atoms with Crippen LogP contribution in [0.1, 0.15) is 32.1 Å². The molecule has 0 radical (unpaired) electrons. The molecule has 1 aromatic carbocycles. The molecule has 0 atom stereocenters. The zero-order valence-electron chi connectivity index (χ0n) is 16.9. The molecule has 1 aliphatic heterocycles. The van der Waals surface area contributed by atoms with Crippen molar-refractivity contribution in [1.82, 2.24) is 4.90 Å². The summed E-state index contributed by atoms with van der Waals surface area (Å²) in [7, 11) is 1.85. The molecule has 4 rings (SSSR count). The fourth-order valence-electron chi connectivity index (χ4n) is 4.07. The second-order valence-corrected chi connectivity index (χ2v) is 7.79. The molecule has 2 aliphatic rings. The van der Waals surface area contributed by atoms with Crippen molar-refractivity contribution >= 4 is 22.8 Å². The molecular weight excluding hydrogens is 372 g/mol. The average Bonchev–Trinajstić information content (AvgIpc) is 2.78. The first-order valence-electron chi connectivity index (χ1n) is 10.4. The lowest BCUT2D eigenvalue weighted by molar-refractivity contribution is -0.134. The van der Waals surface area contributed by atoms with Crippen molar-refractivity contribution in [3.8, 4) is 5.75 Å². The van der Waals surface area contributed by atoms with Crippen molar-refractivity contribution in [3.05, 3.63) is 34.5 Å². The van der Waals surface area contributed by atoms with Crippen LogP contribution >= 0.6 is 0 Å². The number of ether oxygens (including phenoxy) is 2. The number of hydrogen-bond acceptors (Lipinski definition) is 6. The fraction of sp³-hybridized carbons (Fsp3) is 0.545. The predicted octanol–water partition coefficient (Wildman–Crippen LogP) is 2.80. The molecule has 1 aliphatic carbocycles. The SMILES string of the molecule is CN(C(=O)COc1ccc2oc(N3CCOCC3)cc(=O)c2c1)C1CCCCC1. The Bertz CT molecular complexity index is 913. The van der Waals surface area contributed by atoms with Crippen molar-refractivity contribution in [2.24, 2.45) is 0 Å². The molecule has 0 N–H and O–H groups in total. The van der Waals surface area contributed by atoms with Crippen LogP contribution in [0, 0.1) is 0 Å². The number of carbonyl (C=O) groups is 1.